The second-order valence-corrected chi connectivity index (χ2v) is 4.00. The monoisotopic (exact) mass is 227 g/mol. The maximum absolute atomic E-state index is 13.6. The van der Waals surface area contributed by atoms with Crippen molar-refractivity contribution in [2.24, 2.45) is 0 Å². The first-order valence-electron chi connectivity index (χ1n) is 5.79. The number of nitrogens with one attached hydrogen (secondary N) is 1. The fourth-order valence-electron chi connectivity index (χ4n) is 2.08. The summed E-state index contributed by atoms with van der Waals surface area (Å²) < 4.78 is 27.1. The molecule has 1 aromatic carbocycles. The van der Waals surface area contributed by atoms with Gasteiger partial charge in [-0.1, -0.05) is 26.8 Å². The fourth-order valence-corrected chi connectivity index (χ4v) is 2.08. The predicted octanol–water partition coefficient (Wildman–Crippen LogP) is 3.46. The largest absolute Gasteiger partial charge is 0.314 e. The molecule has 0 spiro atoms. The molecule has 1 nitrogen and oxygen atoms in total. The standard InChI is InChI=1S/C13H19F2N/c1-4-12(16-5-2)9(3)13-10(14)7-6-8-11(13)15/h6-9,12,16H,4-5H2,1-3H3. The summed E-state index contributed by atoms with van der Waals surface area (Å²) in [5.74, 6) is -1.07. The van der Waals surface area contributed by atoms with Crippen molar-refractivity contribution < 1.29 is 8.78 Å². The van der Waals surface area contributed by atoms with Crippen LogP contribution in [0.5, 0.6) is 0 Å². The average Bonchev–Trinajstić information content (AvgIpc) is 2.25. The molecule has 0 amide bonds. The van der Waals surface area contributed by atoms with Crippen LogP contribution in [0.2, 0.25) is 0 Å². The molecule has 0 bridgehead atoms. The maximum Gasteiger partial charge on any atom is 0.129 e. The lowest BCUT2D eigenvalue weighted by molar-refractivity contribution is 0.420. The molecule has 0 aliphatic rings. The third-order valence-electron chi connectivity index (χ3n) is 2.96. The van der Waals surface area contributed by atoms with Gasteiger partial charge in [0, 0.05) is 17.5 Å². The van der Waals surface area contributed by atoms with Crippen LogP contribution in [0.15, 0.2) is 18.2 Å². The normalized spacial score (nSPS) is 14.8. The van der Waals surface area contributed by atoms with E-state index in [4.69, 9.17) is 0 Å². The smallest absolute Gasteiger partial charge is 0.129 e. The minimum absolute atomic E-state index is 0.108. The fraction of sp³-hybridized carbons (Fsp3) is 0.538. The van der Waals surface area contributed by atoms with Crippen LogP contribution in [0.25, 0.3) is 0 Å². The molecule has 0 saturated heterocycles. The van der Waals surface area contributed by atoms with E-state index in [1.165, 1.54) is 18.2 Å². The van der Waals surface area contributed by atoms with Crippen molar-refractivity contribution in [2.45, 2.75) is 39.2 Å². The molecule has 0 heterocycles. The lowest BCUT2D eigenvalue weighted by Gasteiger charge is -2.24. The van der Waals surface area contributed by atoms with Crippen molar-refractivity contribution in [1.82, 2.24) is 5.32 Å². The zero-order valence-corrected chi connectivity index (χ0v) is 10.1. The summed E-state index contributed by atoms with van der Waals surface area (Å²) in [7, 11) is 0. The van der Waals surface area contributed by atoms with E-state index in [1.807, 2.05) is 20.8 Å². The molecule has 3 heteroatoms. The van der Waals surface area contributed by atoms with Gasteiger partial charge in [0.2, 0.25) is 0 Å². The summed E-state index contributed by atoms with van der Waals surface area (Å²) in [6.45, 7) is 6.67. The second-order valence-electron chi connectivity index (χ2n) is 4.00. The van der Waals surface area contributed by atoms with Gasteiger partial charge < -0.3 is 5.32 Å². The van der Waals surface area contributed by atoms with Gasteiger partial charge in [-0.2, -0.15) is 0 Å². The van der Waals surface area contributed by atoms with Gasteiger partial charge in [0.15, 0.2) is 0 Å². The van der Waals surface area contributed by atoms with E-state index in [-0.39, 0.29) is 17.5 Å². The zero-order chi connectivity index (χ0) is 12.1. The average molecular weight is 227 g/mol. The number of hydrogen-bond donors (Lipinski definition) is 1. The first-order chi connectivity index (χ1) is 7.61. The molecule has 0 aliphatic heterocycles. The van der Waals surface area contributed by atoms with Gasteiger partial charge in [-0.25, -0.2) is 8.78 Å². The van der Waals surface area contributed by atoms with Crippen LogP contribution in [-0.2, 0) is 0 Å². The van der Waals surface area contributed by atoms with Crippen LogP contribution in [0.4, 0.5) is 8.78 Å². The van der Waals surface area contributed by atoms with E-state index < -0.39 is 11.6 Å². The van der Waals surface area contributed by atoms with E-state index in [2.05, 4.69) is 5.32 Å². The molecule has 2 atom stereocenters. The molecule has 0 saturated carbocycles. The molecule has 90 valence electrons. The molecule has 16 heavy (non-hydrogen) atoms. The van der Waals surface area contributed by atoms with E-state index in [9.17, 15) is 8.78 Å². The molecule has 0 aliphatic carbocycles. The van der Waals surface area contributed by atoms with Gasteiger partial charge >= 0.3 is 0 Å². The second kappa shape index (κ2) is 5.94. The van der Waals surface area contributed by atoms with Crippen LogP contribution in [-0.4, -0.2) is 12.6 Å². The van der Waals surface area contributed by atoms with Crippen LogP contribution < -0.4 is 5.32 Å². The minimum atomic E-state index is -0.455. The molecule has 0 fully saturated rings. The Bertz CT molecular complexity index is 318. The Balaban J connectivity index is 2.98. The Morgan fingerprint density at radius 2 is 1.75 bits per heavy atom. The lowest BCUT2D eigenvalue weighted by Crippen LogP contribution is -2.33. The van der Waals surface area contributed by atoms with Crippen LogP contribution in [0.3, 0.4) is 0 Å². The van der Waals surface area contributed by atoms with Gasteiger partial charge in [-0.05, 0) is 25.1 Å². The highest BCUT2D eigenvalue weighted by Gasteiger charge is 2.22. The molecule has 1 aromatic rings. The van der Waals surface area contributed by atoms with Gasteiger partial charge in [0.05, 0.1) is 0 Å². The van der Waals surface area contributed by atoms with Gasteiger partial charge in [-0.15, -0.1) is 0 Å². The highest BCUT2D eigenvalue weighted by Crippen LogP contribution is 2.26. The number of rotatable bonds is 5. The molecule has 1 N–H and O–H groups in total. The van der Waals surface area contributed by atoms with Gasteiger partial charge in [0.25, 0.3) is 0 Å². The van der Waals surface area contributed by atoms with Crippen molar-refractivity contribution in [2.75, 3.05) is 6.54 Å². The zero-order valence-electron chi connectivity index (χ0n) is 10.1. The minimum Gasteiger partial charge on any atom is -0.314 e. The number of hydrogen-bond acceptors (Lipinski definition) is 1. The highest BCUT2D eigenvalue weighted by molar-refractivity contribution is 5.24. The Hall–Kier alpha value is -0.960. The van der Waals surface area contributed by atoms with E-state index >= 15 is 0 Å². The maximum atomic E-state index is 13.6. The van der Waals surface area contributed by atoms with Crippen LogP contribution in [0.1, 0.15) is 38.7 Å². The van der Waals surface area contributed by atoms with Gasteiger partial charge in [-0.3, -0.25) is 0 Å². The van der Waals surface area contributed by atoms with Crippen molar-refractivity contribution in [1.29, 1.82) is 0 Å². The van der Waals surface area contributed by atoms with E-state index in [0.29, 0.717) is 0 Å². The quantitative estimate of drug-likeness (QED) is 0.812. The molecule has 1 rings (SSSR count). The SMILES string of the molecule is CCNC(CC)C(C)c1c(F)cccc1F. The lowest BCUT2D eigenvalue weighted by atomic mass is 9.91. The Morgan fingerprint density at radius 3 is 2.19 bits per heavy atom. The highest BCUT2D eigenvalue weighted by atomic mass is 19.1. The summed E-state index contributed by atoms with van der Waals surface area (Å²) in [5, 5.41) is 3.25. The summed E-state index contributed by atoms with van der Waals surface area (Å²) in [4.78, 5) is 0. The van der Waals surface area contributed by atoms with Crippen molar-refractivity contribution in [3.8, 4) is 0 Å². The van der Waals surface area contributed by atoms with Crippen molar-refractivity contribution >= 4 is 0 Å². The topological polar surface area (TPSA) is 12.0 Å². The third-order valence-corrected chi connectivity index (χ3v) is 2.96. The first kappa shape index (κ1) is 13.1. The summed E-state index contributed by atoms with van der Waals surface area (Å²) in [6, 6.07) is 4.13. The number of halogens is 2. The molecular formula is C13H19F2N. The van der Waals surface area contributed by atoms with E-state index in [1.54, 1.807) is 0 Å². The molecule has 0 radical (unpaired) electrons. The Morgan fingerprint density at radius 1 is 1.19 bits per heavy atom. The molecular weight excluding hydrogens is 208 g/mol. The van der Waals surface area contributed by atoms with Crippen LogP contribution >= 0.6 is 0 Å². The van der Waals surface area contributed by atoms with Gasteiger partial charge in [0.1, 0.15) is 11.6 Å². The Labute approximate surface area is 95.9 Å². The van der Waals surface area contributed by atoms with E-state index in [0.717, 1.165) is 13.0 Å². The number of benzene rings is 1. The Kier molecular flexibility index (Phi) is 4.87. The van der Waals surface area contributed by atoms with Crippen molar-refractivity contribution in [3.63, 3.8) is 0 Å². The third kappa shape index (κ3) is 2.79. The predicted molar refractivity (Wildman–Crippen MR) is 62.5 cm³/mol. The number of likely N-dealkylation sites (N-methyl/N-ethyl adjacent to an activating group) is 1. The van der Waals surface area contributed by atoms with Crippen molar-refractivity contribution in [3.05, 3.63) is 35.4 Å². The summed E-state index contributed by atoms with van der Waals surface area (Å²) in [6.07, 6.45) is 0.850. The summed E-state index contributed by atoms with van der Waals surface area (Å²) >= 11 is 0. The molecule has 0 aromatic heterocycles. The first-order valence-corrected chi connectivity index (χ1v) is 5.79. The molecule has 2 unspecified atom stereocenters. The van der Waals surface area contributed by atoms with Crippen LogP contribution in [0, 0.1) is 11.6 Å². The summed E-state index contributed by atoms with van der Waals surface area (Å²) in [5.41, 5.74) is 0.190.